The molecule has 1 heterocycles. The van der Waals surface area contributed by atoms with Crippen LogP contribution in [0.3, 0.4) is 0 Å². The molecule has 0 aliphatic carbocycles. The fraction of sp³-hybridized carbons (Fsp3) is 0.357. The molecule has 0 unspecified atom stereocenters. The molecule has 2 rings (SSSR count). The van der Waals surface area contributed by atoms with Crippen molar-refractivity contribution in [3.8, 4) is 0 Å². The normalized spacial score (nSPS) is 16.4. The molecule has 1 saturated heterocycles. The lowest BCUT2D eigenvalue weighted by atomic mass is 10.0. The van der Waals surface area contributed by atoms with Gasteiger partial charge in [0.15, 0.2) is 0 Å². The summed E-state index contributed by atoms with van der Waals surface area (Å²) in [6, 6.07) is 3.02. The van der Waals surface area contributed by atoms with Gasteiger partial charge in [0.05, 0.1) is 16.8 Å². The number of anilines is 1. The van der Waals surface area contributed by atoms with E-state index in [1.165, 1.54) is 0 Å². The number of amides is 1. The molecule has 0 spiro atoms. The van der Waals surface area contributed by atoms with Crippen LogP contribution in [0.1, 0.15) is 28.8 Å². The number of nitrogens with zero attached hydrogens (tertiary/aromatic N) is 1. The first-order valence-electron chi connectivity index (χ1n) is 6.21. The first-order valence-corrected chi connectivity index (χ1v) is 6.21. The van der Waals surface area contributed by atoms with E-state index >= 15 is 0 Å². The summed E-state index contributed by atoms with van der Waals surface area (Å²) in [7, 11) is 0. The van der Waals surface area contributed by atoms with Gasteiger partial charge in [0.1, 0.15) is 0 Å². The van der Waals surface area contributed by atoms with Crippen molar-refractivity contribution in [2.75, 3.05) is 18.0 Å². The molecule has 1 aromatic carbocycles. The molecule has 2 N–H and O–H groups in total. The van der Waals surface area contributed by atoms with Crippen molar-refractivity contribution >= 4 is 11.6 Å². The molecule has 1 aliphatic rings. The average Bonchev–Trinajstić information content (AvgIpc) is 2.37. The van der Waals surface area contributed by atoms with E-state index in [9.17, 15) is 18.0 Å². The van der Waals surface area contributed by atoms with Crippen molar-refractivity contribution < 1.29 is 18.0 Å². The van der Waals surface area contributed by atoms with Crippen molar-refractivity contribution in [1.82, 2.24) is 0 Å². The summed E-state index contributed by atoms with van der Waals surface area (Å²) in [5, 5.41) is 0. The van der Waals surface area contributed by atoms with Gasteiger partial charge >= 0.3 is 6.18 Å². The number of carbonyl (C=O) groups excluding carboxylic acids is 1. The predicted octanol–water partition coefficient (Wildman–Crippen LogP) is 2.96. The molecule has 0 aromatic heterocycles. The number of rotatable bonds is 2. The average molecular weight is 284 g/mol. The van der Waals surface area contributed by atoms with Gasteiger partial charge in [-0.2, -0.15) is 13.2 Å². The summed E-state index contributed by atoms with van der Waals surface area (Å²) in [6.45, 7) is 4.94. The summed E-state index contributed by atoms with van der Waals surface area (Å²) in [4.78, 5) is 13.1. The lowest BCUT2D eigenvalue weighted by Crippen LogP contribution is -2.32. The van der Waals surface area contributed by atoms with Crippen molar-refractivity contribution in [3.05, 3.63) is 41.5 Å². The molecule has 108 valence electrons. The van der Waals surface area contributed by atoms with Crippen LogP contribution in [0.4, 0.5) is 18.9 Å². The van der Waals surface area contributed by atoms with Crippen molar-refractivity contribution in [2.24, 2.45) is 5.73 Å². The van der Waals surface area contributed by atoms with Gasteiger partial charge < -0.3 is 10.6 Å². The zero-order chi connectivity index (χ0) is 14.9. The second-order valence-corrected chi connectivity index (χ2v) is 4.83. The summed E-state index contributed by atoms with van der Waals surface area (Å²) in [5.74, 6) is -0.724. The Hall–Kier alpha value is -1.98. The molecule has 1 amide bonds. The topological polar surface area (TPSA) is 46.3 Å². The molecule has 0 saturated carbocycles. The zero-order valence-corrected chi connectivity index (χ0v) is 10.8. The second kappa shape index (κ2) is 5.19. The number of halogens is 3. The maximum Gasteiger partial charge on any atom is 0.416 e. The van der Waals surface area contributed by atoms with E-state index in [2.05, 4.69) is 6.58 Å². The number of primary amides is 1. The third kappa shape index (κ3) is 2.95. The molecular formula is C14H15F3N2O. The smallest absolute Gasteiger partial charge is 0.370 e. The molecule has 1 aromatic rings. The Bertz CT molecular complexity index is 542. The van der Waals surface area contributed by atoms with Crippen LogP contribution in [-0.2, 0) is 6.18 Å². The summed E-state index contributed by atoms with van der Waals surface area (Å²) < 4.78 is 38.3. The van der Waals surface area contributed by atoms with E-state index in [1.54, 1.807) is 4.90 Å². The van der Waals surface area contributed by atoms with E-state index in [0.29, 0.717) is 25.9 Å². The van der Waals surface area contributed by atoms with Gasteiger partial charge in [0.25, 0.3) is 5.91 Å². The number of hydrogen-bond donors (Lipinski definition) is 1. The highest BCUT2D eigenvalue weighted by Gasteiger charge is 2.32. The summed E-state index contributed by atoms with van der Waals surface area (Å²) in [6.07, 6.45) is -3.03. The highest BCUT2D eigenvalue weighted by atomic mass is 19.4. The van der Waals surface area contributed by atoms with Crippen molar-refractivity contribution in [1.29, 1.82) is 0 Å². The first kappa shape index (κ1) is 14.4. The van der Waals surface area contributed by atoms with Crippen LogP contribution in [0.15, 0.2) is 30.4 Å². The molecular weight excluding hydrogens is 269 g/mol. The van der Waals surface area contributed by atoms with E-state index in [0.717, 1.165) is 23.8 Å². The maximum absolute atomic E-state index is 12.8. The molecule has 20 heavy (non-hydrogen) atoms. The molecule has 6 heteroatoms. The fourth-order valence-electron chi connectivity index (χ4n) is 2.24. The van der Waals surface area contributed by atoms with Crippen molar-refractivity contribution in [2.45, 2.75) is 19.0 Å². The van der Waals surface area contributed by atoms with E-state index in [4.69, 9.17) is 5.73 Å². The Morgan fingerprint density at radius 2 is 1.85 bits per heavy atom. The van der Waals surface area contributed by atoms with Crippen LogP contribution in [0.5, 0.6) is 0 Å². The fourth-order valence-corrected chi connectivity index (χ4v) is 2.24. The van der Waals surface area contributed by atoms with Gasteiger partial charge in [-0.1, -0.05) is 12.2 Å². The highest BCUT2D eigenvalue weighted by Crippen LogP contribution is 2.34. The van der Waals surface area contributed by atoms with Crippen LogP contribution >= 0.6 is 0 Å². The molecule has 0 radical (unpaired) electrons. The SMILES string of the molecule is C=C1CCN(c2cc(C(F)(F)F)ccc2C(N)=O)CC1. The predicted molar refractivity (Wildman–Crippen MR) is 70.5 cm³/mol. The Balaban J connectivity index is 2.42. The van der Waals surface area contributed by atoms with Crippen LogP contribution in [-0.4, -0.2) is 19.0 Å². The van der Waals surface area contributed by atoms with Gasteiger partial charge in [0, 0.05) is 13.1 Å². The number of hydrogen-bond acceptors (Lipinski definition) is 2. The lowest BCUT2D eigenvalue weighted by Gasteiger charge is -2.31. The second-order valence-electron chi connectivity index (χ2n) is 4.83. The van der Waals surface area contributed by atoms with E-state index in [-0.39, 0.29) is 11.3 Å². The van der Waals surface area contributed by atoms with Gasteiger partial charge in [0.2, 0.25) is 0 Å². The van der Waals surface area contributed by atoms with E-state index < -0.39 is 17.6 Å². The number of benzene rings is 1. The third-order valence-corrected chi connectivity index (χ3v) is 3.40. The molecule has 1 aliphatic heterocycles. The summed E-state index contributed by atoms with van der Waals surface area (Å²) in [5.41, 5.74) is 5.90. The standard InChI is InChI=1S/C14H15F3N2O/c1-9-4-6-19(7-5-9)12-8-10(14(15,16)17)2-3-11(12)13(18)20/h2-3,8H,1,4-7H2,(H2,18,20). The van der Waals surface area contributed by atoms with Crippen LogP contribution in [0.25, 0.3) is 0 Å². The van der Waals surface area contributed by atoms with Crippen LogP contribution < -0.4 is 10.6 Å². The highest BCUT2D eigenvalue weighted by molar-refractivity contribution is 5.98. The summed E-state index contributed by atoms with van der Waals surface area (Å²) >= 11 is 0. The lowest BCUT2D eigenvalue weighted by molar-refractivity contribution is -0.137. The minimum absolute atomic E-state index is 0.116. The minimum atomic E-state index is -4.44. The van der Waals surface area contributed by atoms with Crippen LogP contribution in [0, 0.1) is 0 Å². The first-order chi connectivity index (χ1) is 9.29. The molecule has 0 bridgehead atoms. The van der Waals surface area contributed by atoms with Gasteiger partial charge in [-0.05, 0) is 31.0 Å². The van der Waals surface area contributed by atoms with Gasteiger partial charge in [-0.3, -0.25) is 4.79 Å². The number of piperidine rings is 1. The zero-order valence-electron chi connectivity index (χ0n) is 10.8. The van der Waals surface area contributed by atoms with Crippen LogP contribution in [0.2, 0.25) is 0 Å². The minimum Gasteiger partial charge on any atom is -0.370 e. The number of nitrogens with two attached hydrogens (primary N) is 1. The van der Waals surface area contributed by atoms with Gasteiger partial charge in [-0.25, -0.2) is 0 Å². The number of alkyl halides is 3. The molecule has 0 atom stereocenters. The van der Waals surface area contributed by atoms with E-state index in [1.807, 2.05) is 0 Å². The molecule has 3 nitrogen and oxygen atoms in total. The van der Waals surface area contributed by atoms with Gasteiger partial charge in [-0.15, -0.1) is 0 Å². The third-order valence-electron chi connectivity index (χ3n) is 3.40. The monoisotopic (exact) mass is 284 g/mol. The Kier molecular flexibility index (Phi) is 3.74. The largest absolute Gasteiger partial charge is 0.416 e. The Morgan fingerprint density at radius 1 is 1.25 bits per heavy atom. The van der Waals surface area contributed by atoms with Crippen molar-refractivity contribution in [3.63, 3.8) is 0 Å². The Morgan fingerprint density at radius 3 is 2.35 bits per heavy atom. The quantitative estimate of drug-likeness (QED) is 0.849. The Labute approximate surface area is 114 Å². The number of carbonyl (C=O) groups is 1. The molecule has 1 fully saturated rings. The maximum atomic E-state index is 12.8.